The van der Waals surface area contributed by atoms with Crippen molar-refractivity contribution in [1.82, 2.24) is 0 Å². The first-order valence-corrected chi connectivity index (χ1v) is 3.78. The summed E-state index contributed by atoms with van der Waals surface area (Å²) in [5.41, 5.74) is 9.12. The molecular weight excluding hydrogens is 150 g/mol. The lowest BCUT2D eigenvalue weighted by Crippen LogP contribution is -2.01. The van der Waals surface area contributed by atoms with Crippen LogP contribution in [0.15, 0.2) is 12.1 Å². The quantitative estimate of drug-likeness (QED) is 0.458. The highest BCUT2D eigenvalue weighted by molar-refractivity contribution is 5.93. The molecule has 3 heteroatoms. The summed E-state index contributed by atoms with van der Waals surface area (Å²) in [5, 5.41) is 10.2. The van der Waals surface area contributed by atoms with Crippen molar-refractivity contribution in [3.63, 3.8) is 0 Å². The van der Waals surface area contributed by atoms with E-state index in [2.05, 4.69) is 5.32 Å². The van der Waals surface area contributed by atoms with Gasteiger partial charge in [0.05, 0.1) is 0 Å². The van der Waals surface area contributed by atoms with E-state index < -0.39 is 0 Å². The summed E-state index contributed by atoms with van der Waals surface area (Å²) in [6, 6.07) is 3.75. The zero-order valence-corrected chi connectivity index (χ0v) is 7.31. The van der Waals surface area contributed by atoms with E-state index in [-0.39, 0.29) is 0 Å². The Bertz CT molecular complexity index is 305. The van der Waals surface area contributed by atoms with Gasteiger partial charge < -0.3 is 16.5 Å². The topological polar surface area (TPSA) is 61.9 Å². The lowest BCUT2D eigenvalue weighted by molar-refractivity contribution is 1.39. The molecule has 0 heterocycles. The van der Waals surface area contributed by atoms with Gasteiger partial charge in [-0.3, -0.25) is 0 Å². The number of rotatable bonds is 2. The number of anilines is 2. The van der Waals surface area contributed by atoms with Crippen LogP contribution in [-0.4, -0.2) is 13.3 Å². The predicted molar refractivity (Wildman–Crippen MR) is 53.0 cm³/mol. The molecule has 0 spiro atoms. The van der Waals surface area contributed by atoms with E-state index in [0.29, 0.717) is 5.69 Å². The summed E-state index contributed by atoms with van der Waals surface area (Å²) < 4.78 is 0. The SMILES string of the molecule is CNc1c(C)ccc(N)c1C=N. The molecule has 64 valence electrons. The fourth-order valence-electron chi connectivity index (χ4n) is 1.23. The molecule has 1 aromatic carbocycles. The first-order chi connectivity index (χ1) is 5.70. The average molecular weight is 163 g/mol. The van der Waals surface area contributed by atoms with Gasteiger partial charge >= 0.3 is 0 Å². The van der Waals surface area contributed by atoms with E-state index in [1.165, 1.54) is 6.21 Å². The first kappa shape index (κ1) is 8.59. The second-order valence-electron chi connectivity index (χ2n) is 2.65. The summed E-state index contributed by atoms with van der Waals surface area (Å²) in [4.78, 5) is 0. The standard InChI is InChI=1S/C9H13N3/c1-6-3-4-8(11)7(5-10)9(6)12-2/h3-5,10,12H,11H2,1-2H3. The molecule has 0 aromatic heterocycles. The molecule has 0 fully saturated rings. The van der Waals surface area contributed by atoms with Gasteiger partial charge in [0.15, 0.2) is 0 Å². The molecule has 0 atom stereocenters. The molecule has 4 N–H and O–H groups in total. The monoisotopic (exact) mass is 163 g/mol. The van der Waals surface area contributed by atoms with Gasteiger partial charge in [0, 0.05) is 30.2 Å². The smallest absolute Gasteiger partial charge is 0.0477 e. The lowest BCUT2D eigenvalue weighted by atomic mass is 10.1. The van der Waals surface area contributed by atoms with Crippen LogP contribution < -0.4 is 11.1 Å². The van der Waals surface area contributed by atoms with Crippen LogP contribution >= 0.6 is 0 Å². The second kappa shape index (κ2) is 3.26. The molecular formula is C9H13N3. The third kappa shape index (κ3) is 1.25. The number of aryl methyl sites for hydroxylation is 1. The first-order valence-electron chi connectivity index (χ1n) is 3.78. The van der Waals surface area contributed by atoms with Crippen molar-refractivity contribution < 1.29 is 0 Å². The Morgan fingerprint density at radius 2 is 2.17 bits per heavy atom. The molecule has 1 aromatic rings. The zero-order valence-electron chi connectivity index (χ0n) is 7.31. The Morgan fingerprint density at radius 1 is 1.50 bits per heavy atom. The van der Waals surface area contributed by atoms with Crippen LogP contribution in [0.2, 0.25) is 0 Å². The fraction of sp³-hybridized carbons (Fsp3) is 0.222. The van der Waals surface area contributed by atoms with Crippen LogP contribution in [0.4, 0.5) is 11.4 Å². The number of nitrogens with two attached hydrogens (primary N) is 1. The third-order valence-corrected chi connectivity index (χ3v) is 1.88. The van der Waals surface area contributed by atoms with Gasteiger partial charge in [-0.25, -0.2) is 0 Å². The number of nitrogen functional groups attached to an aromatic ring is 1. The molecule has 3 nitrogen and oxygen atoms in total. The highest BCUT2D eigenvalue weighted by Gasteiger charge is 2.04. The maximum atomic E-state index is 7.18. The van der Waals surface area contributed by atoms with Gasteiger partial charge in [-0.05, 0) is 18.6 Å². The van der Waals surface area contributed by atoms with E-state index in [1.54, 1.807) is 0 Å². The minimum absolute atomic E-state index is 0.639. The molecule has 0 saturated heterocycles. The predicted octanol–water partition coefficient (Wildman–Crippen LogP) is 1.62. The minimum Gasteiger partial charge on any atom is -0.398 e. The Hall–Kier alpha value is -1.51. The molecule has 12 heavy (non-hydrogen) atoms. The van der Waals surface area contributed by atoms with E-state index in [1.807, 2.05) is 26.1 Å². The Labute approximate surface area is 72.1 Å². The van der Waals surface area contributed by atoms with Crippen LogP contribution in [0.3, 0.4) is 0 Å². The van der Waals surface area contributed by atoms with Crippen molar-refractivity contribution in [2.75, 3.05) is 18.1 Å². The summed E-state index contributed by atoms with van der Waals surface area (Å²) >= 11 is 0. The summed E-state index contributed by atoms with van der Waals surface area (Å²) in [6.45, 7) is 1.98. The average Bonchev–Trinajstić information content (AvgIpc) is 2.08. The maximum absolute atomic E-state index is 7.18. The van der Waals surface area contributed by atoms with E-state index in [0.717, 1.165) is 16.8 Å². The van der Waals surface area contributed by atoms with Gasteiger partial charge in [-0.1, -0.05) is 6.07 Å². The number of benzene rings is 1. The minimum atomic E-state index is 0.639. The Kier molecular flexibility index (Phi) is 2.33. The van der Waals surface area contributed by atoms with Crippen LogP contribution in [0, 0.1) is 12.3 Å². The molecule has 1 rings (SSSR count). The molecule has 0 aliphatic carbocycles. The van der Waals surface area contributed by atoms with Crippen molar-refractivity contribution in [2.45, 2.75) is 6.92 Å². The van der Waals surface area contributed by atoms with Crippen LogP contribution in [0.1, 0.15) is 11.1 Å². The molecule has 0 aliphatic rings. The van der Waals surface area contributed by atoms with Crippen LogP contribution in [-0.2, 0) is 0 Å². The number of hydrogen-bond donors (Lipinski definition) is 3. The van der Waals surface area contributed by atoms with Gasteiger partial charge in [-0.2, -0.15) is 0 Å². The van der Waals surface area contributed by atoms with Gasteiger partial charge in [0.25, 0.3) is 0 Å². The Morgan fingerprint density at radius 3 is 2.58 bits per heavy atom. The molecule has 0 bridgehead atoms. The molecule has 0 aliphatic heterocycles. The lowest BCUT2D eigenvalue weighted by Gasteiger charge is -2.10. The summed E-state index contributed by atoms with van der Waals surface area (Å²) in [5.74, 6) is 0. The Balaban J connectivity index is 3.38. The van der Waals surface area contributed by atoms with Crippen LogP contribution in [0.25, 0.3) is 0 Å². The molecule has 0 unspecified atom stereocenters. The second-order valence-corrected chi connectivity index (χ2v) is 2.65. The van der Waals surface area contributed by atoms with Crippen molar-refractivity contribution in [2.24, 2.45) is 0 Å². The molecule has 0 radical (unpaired) electrons. The summed E-state index contributed by atoms with van der Waals surface area (Å²) in [7, 11) is 1.83. The molecule has 0 amide bonds. The van der Waals surface area contributed by atoms with Crippen LogP contribution in [0.5, 0.6) is 0 Å². The summed E-state index contributed by atoms with van der Waals surface area (Å²) in [6.07, 6.45) is 1.27. The maximum Gasteiger partial charge on any atom is 0.0477 e. The largest absolute Gasteiger partial charge is 0.398 e. The van der Waals surface area contributed by atoms with Crippen molar-refractivity contribution >= 4 is 17.6 Å². The van der Waals surface area contributed by atoms with E-state index in [9.17, 15) is 0 Å². The highest BCUT2D eigenvalue weighted by atomic mass is 14.8. The third-order valence-electron chi connectivity index (χ3n) is 1.88. The van der Waals surface area contributed by atoms with Gasteiger partial charge in [0.1, 0.15) is 0 Å². The molecule has 0 saturated carbocycles. The number of nitrogens with one attached hydrogen (secondary N) is 2. The number of hydrogen-bond acceptors (Lipinski definition) is 3. The van der Waals surface area contributed by atoms with Crippen molar-refractivity contribution in [3.05, 3.63) is 23.3 Å². The fourth-order valence-corrected chi connectivity index (χ4v) is 1.23. The van der Waals surface area contributed by atoms with E-state index in [4.69, 9.17) is 11.1 Å². The normalized spacial score (nSPS) is 9.50. The zero-order chi connectivity index (χ0) is 9.14. The highest BCUT2D eigenvalue weighted by Crippen LogP contribution is 2.23. The van der Waals surface area contributed by atoms with E-state index >= 15 is 0 Å². The van der Waals surface area contributed by atoms with Gasteiger partial charge in [0.2, 0.25) is 0 Å². The van der Waals surface area contributed by atoms with Gasteiger partial charge in [-0.15, -0.1) is 0 Å². The van der Waals surface area contributed by atoms with Crippen molar-refractivity contribution in [3.8, 4) is 0 Å². The van der Waals surface area contributed by atoms with Crippen molar-refractivity contribution in [1.29, 1.82) is 5.41 Å².